The van der Waals surface area contributed by atoms with Gasteiger partial charge in [0.25, 0.3) is 0 Å². The highest BCUT2D eigenvalue weighted by Crippen LogP contribution is 2.20. The van der Waals surface area contributed by atoms with Crippen LogP contribution in [-0.2, 0) is 19.0 Å². The molecule has 0 N–H and O–H groups in total. The van der Waals surface area contributed by atoms with E-state index >= 15 is 0 Å². The summed E-state index contributed by atoms with van der Waals surface area (Å²) in [5, 5.41) is 8.04. The zero-order chi connectivity index (χ0) is 12.5. The Balaban J connectivity index is 1.90. The largest absolute Gasteiger partial charge is 0.347 e. The molecule has 18 heavy (non-hydrogen) atoms. The van der Waals surface area contributed by atoms with Crippen LogP contribution in [0.25, 0.3) is 0 Å². The molecule has 6 heteroatoms. The van der Waals surface area contributed by atoms with Gasteiger partial charge in [-0.2, -0.15) is 0 Å². The summed E-state index contributed by atoms with van der Waals surface area (Å²) in [4.78, 5) is 6.79. The summed E-state index contributed by atoms with van der Waals surface area (Å²) >= 11 is 5.90. The fourth-order valence-electron chi connectivity index (χ4n) is 2.22. The number of anilines is 1. The van der Waals surface area contributed by atoms with Gasteiger partial charge in [-0.15, -0.1) is 21.8 Å². The zero-order valence-electron chi connectivity index (χ0n) is 10.2. The van der Waals surface area contributed by atoms with Crippen molar-refractivity contribution in [3.05, 3.63) is 35.5 Å². The molecule has 0 aromatic carbocycles. The molecule has 5 nitrogen and oxygen atoms in total. The van der Waals surface area contributed by atoms with Crippen LogP contribution in [0.5, 0.6) is 0 Å². The lowest BCUT2D eigenvalue weighted by molar-refractivity contribution is 0.555. The van der Waals surface area contributed by atoms with Crippen LogP contribution >= 0.6 is 11.6 Å². The highest BCUT2D eigenvalue weighted by atomic mass is 35.5. The van der Waals surface area contributed by atoms with Gasteiger partial charge in [0.05, 0.1) is 6.54 Å². The van der Waals surface area contributed by atoms with Crippen molar-refractivity contribution < 1.29 is 0 Å². The van der Waals surface area contributed by atoms with E-state index in [9.17, 15) is 0 Å². The highest BCUT2D eigenvalue weighted by Gasteiger charge is 2.18. The summed E-state index contributed by atoms with van der Waals surface area (Å²) in [7, 11) is 0. The number of rotatable bonds is 2. The molecule has 0 radical (unpaired) electrons. The number of aromatic nitrogens is 4. The van der Waals surface area contributed by atoms with Gasteiger partial charge in [0.2, 0.25) is 0 Å². The van der Waals surface area contributed by atoms with Gasteiger partial charge in [-0.3, -0.25) is 0 Å². The van der Waals surface area contributed by atoms with E-state index in [1.807, 2.05) is 19.1 Å². The first-order valence-corrected chi connectivity index (χ1v) is 6.45. The van der Waals surface area contributed by atoms with Gasteiger partial charge in [0.1, 0.15) is 12.1 Å². The first kappa shape index (κ1) is 11.5. The summed E-state index contributed by atoms with van der Waals surface area (Å²) in [6, 6.07) is 4.06. The number of halogens is 1. The van der Waals surface area contributed by atoms with Crippen molar-refractivity contribution in [3.8, 4) is 0 Å². The fraction of sp³-hybridized carbons (Fsp3) is 0.417. The number of aryl methyl sites for hydroxylation is 1. The molecule has 94 valence electrons. The molecule has 0 spiro atoms. The van der Waals surface area contributed by atoms with E-state index in [2.05, 4.69) is 24.6 Å². The summed E-state index contributed by atoms with van der Waals surface area (Å²) in [6.45, 7) is 4.56. The molecule has 2 aromatic rings. The third-order valence-electron chi connectivity index (χ3n) is 3.12. The first-order valence-electron chi connectivity index (χ1n) is 5.91. The van der Waals surface area contributed by atoms with Gasteiger partial charge in [-0.1, -0.05) is 0 Å². The van der Waals surface area contributed by atoms with Crippen LogP contribution in [-0.4, -0.2) is 26.3 Å². The minimum absolute atomic E-state index is 0.514. The van der Waals surface area contributed by atoms with Crippen LogP contribution in [0, 0.1) is 6.92 Å². The Hall–Kier alpha value is -1.62. The maximum Gasteiger partial charge on any atom is 0.152 e. The summed E-state index contributed by atoms with van der Waals surface area (Å²) in [5.41, 5.74) is 2.10. The topological polar surface area (TPSA) is 46.8 Å². The number of pyridine rings is 1. The van der Waals surface area contributed by atoms with Crippen molar-refractivity contribution in [1.29, 1.82) is 0 Å². The van der Waals surface area contributed by atoms with E-state index in [-0.39, 0.29) is 0 Å². The molecule has 0 atom stereocenters. The first-order chi connectivity index (χ1) is 8.76. The highest BCUT2D eigenvalue weighted by molar-refractivity contribution is 6.17. The maximum atomic E-state index is 5.90. The Labute approximate surface area is 110 Å². The van der Waals surface area contributed by atoms with Gasteiger partial charge in [-0.05, 0) is 24.6 Å². The molecule has 0 fully saturated rings. The molecule has 0 aliphatic carbocycles. The van der Waals surface area contributed by atoms with Gasteiger partial charge in [0, 0.05) is 24.7 Å². The van der Waals surface area contributed by atoms with Crippen LogP contribution in [0.4, 0.5) is 5.82 Å². The van der Waals surface area contributed by atoms with Crippen LogP contribution < -0.4 is 4.90 Å². The molecular weight excluding hydrogens is 250 g/mol. The lowest BCUT2D eigenvalue weighted by atomic mass is 10.2. The van der Waals surface area contributed by atoms with Crippen molar-refractivity contribution in [2.75, 3.05) is 11.4 Å². The molecule has 0 saturated heterocycles. The van der Waals surface area contributed by atoms with Crippen molar-refractivity contribution in [1.82, 2.24) is 19.7 Å². The molecule has 2 aromatic heterocycles. The Morgan fingerprint density at radius 1 is 1.33 bits per heavy atom. The monoisotopic (exact) mass is 263 g/mol. The Bertz CT molecular complexity index is 565. The second-order valence-corrected chi connectivity index (χ2v) is 4.74. The molecule has 3 heterocycles. The van der Waals surface area contributed by atoms with Crippen molar-refractivity contribution in [2.45, 2.75) is 25.9 Å². The summed E-state index contributed by atoms with van der Waals surface area (Å²) in [5.74, 6) is 2.47. The third kappa shape index (κ3) is 2.06. The smallest absolute Gasteiger partial charge is 0.152 e. The van der Waals surface area contributed by atoms with E-state index in [1.165, 1.54) is 0 Å². The maximum absolute atomic E-state index is 5.90. The van der Waals surface area contributed by atoms with E-state index in [1.54, 1.807) is 6.33 Å². The minimum Gasteiger partial charge on any atom is -0.347 e. The fourth-order valence-corrected chi connectivity index (χ4v) is 2.38. The Morgan fingerprint density at radius 2 is 2.22 bits per heavy atom. The van der Waals surface area contributed by atoms with Crippen molar-refractivity contribution in [2.24, 2.45) is 0 Å². The molecule has 0 saturated carbocycles. The predicted octanol–water partition coefficient (Wildman–Crippen LogP) is 1.74. The van der Waals surface area contributed by atoms with Crippen LogP contribution in [0.3, 0.4) is 0 Å². The second kappa shape index (κ2) is 4.57. The lowest BCUT2D eigenvalue weighted by Gasteiger charge is -2.28. The van der Waals surface area contributed by atoms with Crippen LogP contribution in [0.1, 0.15) is 17.1 Å². The SMILES string of the molecule is Cc1cc(CCl)cc(N2CCn3cnnc3C2)n1. The average Bonchev–Trinajstić information content (AvgIpc) is 2.85. The molecule has 3 rings (SSSR count). The molecule has 0 bridgehead atoms. The Kier molecular flexibility index (Phi) is 2.91. The molecule has 0 amide bonds. The molecule has 1 aliphatic heterocycles. The van der Waals surface area contributed by atoms with Crippen molar-refractivity contribution >= 4 is 17.4 Å². The third-order valence-corrected chi connectivity index (χ3v) is 3.43. The number of nitrogens with zero attached hydrogens (tertiary/aromatic N) is 5. The number of hydrogen-bond donors (Lipinski definition) is 0. The Morgan fingerprint density at radius 3 is 3.06 bits per heavy atom. The zero-order valence-corrected chi connectivity index (χ0v) is 10.9. The number of hydrogen-bond acceptors (Lipinski definition) is 4. The summed E-state index contributed by atoms with van der Waals surface area (Å²) in [6.07, 6.45) is 1.78. The molecule has 0 unspecified atom stereocenters. The predicted molar refractivity (Wildman–Crippen MR) is 69.6 cm³/mol. The molecular formula is C12H14ClN5. The lowest BCUT2D eigenvalue weighted by Crippen LogP contribution is -2.34. The molecule has 1 aliphatic rings. The standard InChI is InChI=1S/C12H14ClN5/c1-9-4-10(6-13)5-11(15-9)17-2-3-18-8-14-16-12(18)7-17/h4-5,8H,2-3,6-7H2,1H3. The van der Waals surface area contributed by atoms with E-state index in [4.69, 9.17) is 11.6 Å². The average molecular weight is 264 g/mol. The van der Waals surface area contributed by atoms with Crippen LogP contribution in [0.15, 0.2) is 18.5 Å². The van der Waals surface area contributed by atoms with Gasteiger partial charge in [0.15, 0.2) is 5.82 Å². The number of alkyl halides is 1. The number of fused-ring (bicyclic) bond motifs is 1. The quantitative estimate of drug-likeness (QED) is 0.775. The second-order valence-electron chi connectivity index (χ2n) is 4.47. The van der Waals surface area contributed by atoms with Gasteiger partial charge < -0.3 is 9.47 Å². The van der Waals surface area contributed by atoms with E-state index < -0.39 is 0 Å². The van der Waals surface area contributed by atoms with E-state index in [0.717, 1.165) is 42.5 Å². The normalized spacial score (nSPS) is 14.7. The summed E-state index contributed by atoms with van der Waals surface area (Å²) < 4.78 is 2.08. The van der Waals surface area contributed by atoms with Crippen LogP contribution in [0.2, 0.25) is 0 Å². The van der Waals surface area contributed by atoms with Crippen molar-refractivity contribution in [3.63, 3.8) is 0 Å². The van der Waals surface area contributed by atoms with Gasteiger partial charge >= 0.3 is 0 Å². The van der Waals surface area contributed by atoms with E-state index in [0.29, 0.717) is 5.88 Å². The van der Waals surface area contributed by atoms with Gasteiger partial charge in [-0.25, -0.2) is 4.98 Å². The minimum atomic E-state index is 0.514.